The summed E-state index contributed by atoms with van der Waals surface area (Å²) >= 11 is 6.20. The number of hydrogen-bond donors (Lipinski definition) is 1. The van der Waals surface area contributed by atoms with Crippen LogP contribution >= 0.6 is 11.6 Å². The molecule has 4 nitrogen and oxygen atoms in total. The third-order valence-corrected chi connectivity index (χ3v) is 3.64. The van der Waals surface area contributed by atoms with Crippen molar-refractivity contribution in [3.05, 3.63) is 58.9 Å². The van der Waals surface area contributed by atoms with Crippen LogP contribution in [0.5, 0.6) is 11.5 Å². The third kappa shape index (κ3) is 4.06. The predicted octanol–water partition coefficient (Wildman–Crippen LogP) is 4.29. The van der Waals surface area contributed by atoms with Gasteiger partial charge in [-0.1, -0.05) is 11.6 Å². The van der Waals surface area contributed by atoms with Crippen LogP contribution in [0.4, 0.5) is 10.1 Å². The number of fused-ring (bicyclic) bond motifs is 1. The van der Waals surface area contributed by atoms with E-state index in [4.69, 9.17) is 21.1 Å². The molecule has 1 amide bonds. The summed E-state index contributed by atoms with van der Waals surface area (Å²) < 4.78 is 24.0. The Morgan fingerprint density at radius 2 is 1.92 bits per heavy atom. The number of ether oxygens (including phenoxy) is 2. The van der Waals surface area contributed by atoms with Crippen molar-refractivity contribution in [1.29, 1.82) is 0 Å². The van der Waals surface area contributed by atoms with Gasteiger partial charge in [0, 0.05) is 18.2 Å². The Bertz CT molecular complexity index is 775. The number of carbonyl (C=O) groups excluding carboxylic acids is 1. The molecule has 0 atom stereocenters. The SMILES string of the molecule is O=C(/C=C/c1cc(Cl)c2c(c1)OCCCO2)Nc1ccc(F)cc1. The molecule has 1 aliphatic heterocycles. The number of rotatable bonds is 3. The number of hydrogen-bond acceptors (Lipinski definition) is 3. The van der Waals surface area contributed by atoms with Gasteiger partial charge in [0.2, 0.25) is 5.91 Å². The molecule has 0 radical (unpaired) electrons. The van der Waals surface area contributed by atoms with Gasteiger partial charge in [0.05, 0.1) is 18.2 Å². The molecule has 0 aliphatic carbocycles. The number of amides is 1. The third-order valence-electron chi connectivity index (χ3n) is 3.36. The summed E-state index contributed by atoms with van der Waals surface area (Å²) in [7, 11) is 0. The molecule has 24 heavy (non-hydrogen) atoms. The fourth-order valence-electron chi connectivity index (χ4n) is 2.24. The number of anilines is 1. The Morgan fingerprint density at radius 1 is 1.17 bits per heavy atom. The highest BCUT2D eigenvalue weighted by atomic mass is 35.5. The van der Waals surface area contributed by atoms with Crippen molar-refractivity contribution in [2.45, 2.75) is 6.42 Å². The topological polar surface area (TPSA) is 47.6 Å². The second-order valence-corrected chi connectivity index (χ2v) is 5.62. The van der Waals surface area contributed by atoms with Gasteiger partial charge in [0.1, 0.15) is 5.82 Å². The number of benzene rings is 2. The lowest BCUT2D eigenvalue weighted by molar-refractivity contribution is -0.111. The Hall–Kier alpha value is -2.53. The first-order valence-electron chi connectivity index (χ1n) is 7.45. The smallest absolute Gasteiger partial charge is 0.248 e. The fourth-order valence-corrected chi connectivity index (χ4v) is 2.51. The summed E-state index contributed by atoms with van der Waals surface area (Å²) in [5.41, 5.74) is 1.24. The van der Waals surface area contributed by atoms with E-state index in [0.717, 1.165) is 12.0 Å². The molecule has 124 valence electrons. The number of halogens is 2. The van der Waals surface area contributed by atoms with Crippen LogP contribution in [0.3, 0.4) is 0 Å². The van der Waals surface area contributed by atoms with Crippen LogP contribution in [0, 0.1) is 5.82 Å². The Morgan fingerprint density at radius 3 is 2.71 bits per heavy atom. The van der Waals surface area contributed by atoms with Gasteiger partial charge in [-0.15, -0.1) is 0 Å². The lowest BCUT2D eigenvalue weighted by Crippen LogP contribution is -2.07. The van der Waals surface area contributed by atoms with E-state index in [2.05, 4.69) is 5.32 Å². The summed E-state index contributed by atoms with van der Waals surface area (Å²) in [5.74, 6) is 0.413. The molecule has 0 fully saturated rings. The minimum Gasteiger partial charge on any atom is -0.489 e. The molecule has 0 spiro atoms. The monoisotopic (exact) mass is 347 g/mol. The van der Waals surface area contributed by atoms with E-state index in [9.17, 15) is 9.18 Å². The van der Waals surface area contributed by atoms with Crippen molar-refractivity contribution >= 4 is 29.3 Å². The van der Waals surface area contributed by atoms with E-state index in [1.165, 1.54) is 30.3 Å². The summed E-state index contributed by atoms with van der Waals surface area (Å²) in [4.78, 5) is 11.9. The Labute approximate surface area is 143 Å². The zero-order valence-electron chi connectivity index (χ0n) is 12.7. The number of nitrogens with one attached hydrogen (secondary N) is 1. The average molecular weight is 348 g/mol. The lowest BCUT2D eigenvalue weighted by Gasteiger charge is -2.10. The molecule has 0 aromatic heterocycles. The van der Waals surface area contributed by atoms with Crippen molar-refractivity contribution in [3.63, 3.8) is 0 Å². The van der Waals surface area contributed by atoms with Crippen LogP contribution < -0.4 is 14.8 Å². The maximum Gasteiger partial charge on any atom is 0.248 e. The lowest BCUT2D eigenvalue weighted by atomic mass is 10.2. The molecule has 2 aromatic carbocycles. The van der Waals surface area contributed by atoms with Gasteiger partial charge >= 0.3 is 0 Å². The summed E-state index contributed by atoms with van der Waals surface area (Å²) in [6.07, 6.45) is 3.79. The maximum absolute atomic E-state index is 12.8. The molecule has 2 aromatic rings. The summed E-state index contributed by atoms with van der Waals surface area (Å²) in [6, 6.07) is 9.02. The van der Waals surface area contributed by atoms with E-state index in [-0.39, 0.29) is 11.7 Å². The molecule has 0 saturated heterocycles. The van der Waals surface area contributed by atoms with Gasteiger partial charge in [-0.05, 0) is 48.0 Å². The van der Waals surface area contributed by atoms with Gasteiger partial charge < -0.3 is 14.8 Å². The molecule has 6 heteroatoms. The Balaban J connectivity index is 1.72. The minimum atomic E-state index is -0.356. The van der Waals surface area contributed by atoms with Crippen LogP contribution in [0.2, 0.25) is 5.02 Å². The van der Waals surface area contributed by atoms with Crippen LogP contribution in [0.15, 0.2) is 42.5 Å². The van der Waals surface area contributed by atoms with Crippen LogP contribution in [-0.4, -0.2) is 19.1 Å². The molecule has 0 unspecified atom stereocenters. The number of carbonyl (C=O) groups is 1. The highest BCUT2D eigenvalue weighted by Gasteiger charge is 2.14. The van der Waals surface area contributed by atoms with Gasteiger partial charge in [-0.3, -0.25) is 4.79 Å². The molecular weight excluding hydrogens is 333 g/mol. The molecule has 1 aliphatic rings. The molecular formula is C18H15ClFNO3. The first-order chi connectivity index (χ1) is 11.6. The zero-order valence-corrected chi connectivity index (χ0v) is 13.5. The molecule has 0 bridgehead atoms. The second-order valence-electron chi connectivity index (χ2n) is 5.21. The molecule has 1 heterocycles. The van der Waals surface area contributed by atoms with Crippen molar-refractivity contribution in [1.82, 2.24) is 0 Å². The second kappa shape index (κ2) is 7.36. The van der Waals surface area contributed by atoms with E-state index in [1.54, 1.807) is 18.2 Å². The van der Waals surface area contributed by atoms with Gasteiger partial charge in [-0.25, -0.2) is 4.39 Å². The quantitative estimate of drug-likeness (QED) is 0.842. The van der Waals surface area contributed by atoms with Crippen LogP contribution in [0.1, 0.15) is 12.0 Å². The van der Waals surface area contributed by atoms with Gasteiger partial charge in [0.25, 0.3) is 0 Å². The van der Waals surface area contributed by atoms with E-state index in [0.29, 0.717) is 35.4 Å². The van der Waals surface area contributed by atoms with Gasteiger partial charge in [-0.2, -0.15) is 0 Å². The average Bonchev–Trinajstić information content (AvgIpc) is 2.81. The van der Waals surface area contributed by atoms with E-state index >= 15 is 0 Å². The first-order valence-corrected chi connectivity index (χ1v) is 7.83. The normalized spacial score (nSPS) is 13.6. The van der Waals surface area contributed by atoms with Gasteiger partial charge in [0.15, 0.2) is 11.5 Å². The van der Waals surface area contributed by atoms with Crippen LogP contribution in [0.25, 0.3) is 6.08 Å². The van der Waals surface area contributed by atoms with Crippen molar-refractivity contribution in [2.24, 2.45) is 0 Å². The predicted molar refractivity (Wildman–Crippen MR) is 91.1 cm³/mol. The molecule has 3 rings (SSSR count). The summed E-state index contributed by atoms with van der Waals surface area (Å²) in [6.45, 7) is 1.11. The largest absolute Gasteiger partial charge is 0.489 e. The molecule has 1 N–H and O–H groups in total. The molecule has 0 saturated carbocycles. The summed E-state index contributed by atoms with van der Waals surface area (Å²) in [5, 5.41) is 3.08. The van der Waals surface area contributed by atoms with Crippen molar-refractivity contribution in [3.8, 4) is 11.5 Å². The highest BCUT2D eigenvalue weighted by molar-refractivity contribution is 6.32. The van der Waals surface area contributed by atoms with E-state index < -0.39 is 0 Å². The highest BCUT2D eigenvalue weighted by Crippen LogP contribution is 2.38. The maximum atomic E-state index is 12.8. The van der Waals surface area contributed by atoms with Crippen LogP contribution in [-0.2, 0) is 4.79 Å². The van der Waals surface area contributed by atoms with E-state index in [1.807, 2.05) is 0 Å². The minimum absolute atomic E-state index is 0.329. The fraction of sp³-hybridized carbons (Fsp3) is 0.167. The van der Waals surface area contributed by atoms with Crippen molar-refractivity contribution in [2.75, 3.05) is 18.5 Å². The zero-order chi connectivity index (χ0) is 16.9. The van der Waals surface area contributed by atoms with Crippen molar-refractivity contribution < 1.29 is 18.7 Å². The standard InChI is InChI=1S/C18H15ClFNO3/c19-15-10-12(11-16-18(15)24-9-1-8-23-16)2-7-17(22)21-14-5-3-13(20)4-6-14/h2-7,10-11H,1,8-9H2,(H,21,22)/b7-2+. The Kier molecular flexibility index (Phi) is 5.01. The first kappa shape index (κ1) is 16.3.